The van der Waals surface area contributed by atoms with E-state index in [0.29, 0.717) is 5.41 Å². The molecular formula is C5H8O2S. The zero-order valence-electron chi connectivity index (χ0n) is 4.55. The van der Waals surface area contributed by atoms with Crippen LogP contribution in [0.25, 0.3) is 0 Å². The highest BCUT2D eigenvalue weighted by Gasteiger charge is 2.49. The van der Waals surface area contributed by atoms with E-state index in [1.807, 2.05) is 0 Å². The molecule has 2 aliphatic rings. The molecule has 0 radical (unpaired) electrons. The predicted molar refractivity (Wildman–Crippen MR) is 30.6 cm³/mol. The van der Waals surface area contributed by atoms with Crippen LogP contribution in [0.2, 0.25) is 0 Å². The van der Waals surface area contributed by atoms with Gasteiger partial charge in [0, 0.05) is 5.41 Å². The van der Waals surface area contributed by atoms with Crippen molar-refractivity contribution >= 4 is 11.1 Å². The maximum absolute atomic E-state index is 10.6. The van der Waals surface area contributed by atoms with Crippen LogP contribution in [0.1, 0.15) is 12.8 Å². The summed E-state index contributed by atoms with van der Waals surface area (Å²) in [7, 11) is 0. The molecule has 1 atom stereocenters. The second-order valence-electron chi connectivity index (χ2n) is 2.71. The van der Waals surface area contributed by atoms with Gasteiger partial charge in [-0.25, -0.2) is 4.21 Å². The molecule has 1 saturated heterocycles. The lowest BCUT2D eigenvalue weighted by molar-refractivity contribution is 0.317. The molecule has 1 saturated carbocycles. The van der Waals surface area contributed by atoms with Crippen molar-refractivity contribution in [2.45, 2.75) is 12.8 Å². The third-order valence-electron chi connectivity index (χ3n) is 1.88. The molecule has 8 heavy (non-hydrogen) atoms. The van der Waals surface area contributed by atoms with Crippen LogP contribution in [0.3, 0.4) is 0 Å². The van der Waals surface area contributed by atoms with Crippen LogP contribution in [-0.4, -0.2) is 16.6 Å². The largest absolute Gasteiger partial charge is 0.290 e. The predicted octanol–water partition coefficient (Wildman–Crippen LogP) is 0.461. The van der Waals surface area contributed by atoms with Crippen molar-refractivity contribution in [2.75, 3.05) is 12.4 Å². The van der Waals surface area contributed by atoms with Gasteiger partial charge in [0.25, 0.3) is 0 Å². The van der Waals surface area contributed by atoms with Gasteiger partial charge in [-0.2, -0.15) is 0 Å². The van der Waals surface area contributed by atoms with E-state index >= 15 is 0 Å². The summed E-state index contributed by atoms with van der Waals surface area (Å²) in [6.45, 7) is 0.750. The van der Waals surface area contributed by atoms with Crippen LogP contribution in [0.5, 0.6) is 0 Å². The first kappa shape index (κ1) is 4.94. The van der Waals surface area contributed by atoms with Crippen molar-refractivity contribution in [2.24, 2.45) is 5.41 Å². The summed E-state index contributed by atoms with van der Waals surface area (Å²) in [5.41, 5.74) is 0.394. The molecule has 0 aromatic carbocycles. The van der Waals surface area contributed by atoms with Gasteiger partial charge < -0.3 is 0 Å². The van der Waals surface area contributed by atoms with E-state index in [2.05, 4.69) is 0 Å². The molecule has 0 amide bonds. The zero-order valence-corrected chi connectivity index (χ0v) is 5.37. The van der Waals surface area contributed by atoms with E-state index in [4.69, 9.17) is 4.18 Å². The molecule has 1 aliphatic heterocycles. The van der Waals surface area contributed by atoms with E-state index in [1.165, 1.54) is 12.8 Å². The normalized spacial score (nSPS) is 40.8. The first-order valence-corrected chi connectivity index (χ1v) is 4.07. The molecule has 0 bridgehead atoms. The minimum absolute atomic E-state index is 0.394. The summed E-state index contributed by atoms with van der Waals surface area (Å²) in [5, 5.41) is 0. The average molecular weight is 132 g/mol. The van der Waals surface area contributed by atoms with E-state index in [9.17, 15) is 4.21 Å². The Balaban J connectivity index is 2.13. The lowest BCUT2D eigenvalue weighted by Crippen LogP contribution is -2.01. The van der Waals surface area contributed by atoms with Crippen molar-refractivity contribution in [1.29, 1.82) is 0 Å². The van der Waals surface area contributed by atoms with Gasteiger partial charge in [-0.1, -0.05) is 0 Å². The SMILES string of the molecule is O=S1CC2(CC2)CO1. The summed E-state index contributed by atoms with van der Waals surface area (Å²) < 4.78 is 15.5. The summed E-state index contributed by atoms with van der Waals surface area (Å²) >= 11 is -0.930. The van der Waals surface area contributed by atoms with Gasteiger partial charge in [0.2, 0.25) is 0 Å². The van der Waals surface area contributed by atoms with Gasteiger partial charge in [-0.3, -0.25) is 4.18 Å². The summed E-state index contributed by atoms with van der Waals surface area (Å²) in [4.78, 5) is 0. The maximum atomic E-state index is 10.6. The smallest absolute Gasteiger partial charge is 0.156 e. The Labute approximate surface area is 50.9 Å². The molecule has 2 nitrogen and oxygen atoms in total. The van der Waals surface area contributed by atoms with E-state index < -0.39 is 11.1 Å². The van der Waals surface area contributed by atoms with E-state index in [0.717, 1.165) is 12.4 Å². The van der Waals surface area contributed by atoms with Gasteiger partial charge in [-0.05, 0) is 12.8 Å². The Morgan fingerprint density at radius 1 is 1.50 bits per heavy atom. The topological polar surface area (TPSA) is 26.3 Å². The molecule has 1 unspecified atom stereocenters. The fraction of sp³-hybridized carbons (Fsp3) is 1.00. The number of hydrogen-bond acceptors (Lipinski definition) is 2. The van der Waals surface area contributed by atoms with Crippen LogP contribution in [-0.2, 0) is 15.3 Å². The van der Waals surface area contributed by atoms with Gasteiger partial charge in [0.1, 0.15) is 0 Å². The minimum Gasteiger partial charge on any atom is -0.290 e. The molecule has 1 aliphatic carbocycles. The van der Waals surface area contributed by atoms with Gasteiger partial charge in [-0.15, -0.1) is 0 Å². The van der Waals surface area contributed by atoms with Crippen LogP contribution >= 0.6 is 0 Å². The first-order chi connectivity index (χ1) is 3.81. The molecule has 2 rings (SSSR count). The lowest BCUT2D eigenvalue weighted by atomic mass is 10.2. The lowest BCUT2D eigenvalue weighted by Gasteiger charge is -1.92. The summed E-state index contributed by atoms with van der Waals surface area (Å²) in [6.07, 6.45) is 2.47. The van der Waals surface area contributed by atoms with Crippen molar-refractivity contribution in [3.05, 3.63) is 0 Å². The molecule has 3 heteroatoms. The second kappa shape index (κ2) is 1.33. The van der Waals surface area contributed by atoms with Crippen LogP contribution in [0.15, 0.2) is 0 Å². The standard InChI is InChI=1S/C5H8O2S/c6-8-4-5(1-2-5)3-7-8/h1-4H2. The third kappa shape index (κ3) is 0.615. The Kier molecular flexibility index (Phi) is 0.823. The highest BCUT2D eigenvalue weighted by atomic mass is 32.2. The highest BCUT2D eigenvalue weighted by Crippen LogP contribution is 2.49. The van der Waals surface area contributed by atoms with E-state index in [-0.39, 0.29) is 0 Å². The Morgan fingerprint density at radius 2 is 2.25 bits per heavy atom. The summed E-state index contributed by atoms with van der Waals surface area (Å²) in [6, 6.07) is 0. The van der Waals surface area contributed by atoms with Gasteiger partial charge in [0.05, 0.1) is 12.4 Å². The Morgan fingerprint density at radius 3 is 2.50 bits per heavy atom. The minimum atomic E-state index is -0.930. The first-order valence-electron chi connectivity index (χ1n) is 2.82. The molecule has 0 aromatic heterocycles. The molecule has 0 aromatic rings. The second-order valence-corrected chi connectivity index (χ2v) is 3.84. The fourth-order valence-corrected chi connectivity index (χ4v) is 2.33. The molecule has 2 fully saturated rings. The molecular weight excluding hydrogens is 124 g/mol. The quantitative estimate of drug-likeness (QED) is 0.478. The monoisotopic (exact) mass is 132 g/mol. The van der Waals surface area contributed by atoms with Crippen LogP contribution in [0, 0.1) is 5.41 Å². The molecule has 1 spiro atoms. The number of hydrogen-bond donors (Lipinski definition) is 0. The maximum Gasteiger partial charge on any atom is 0.156 e. The third-order valence-corrected chi connectivity index (χ3v) is 3.11. The van der Waals surface area contributed by atoms with Crippen molar-refractivity contribution in [3.63, 3.8) is 0 Å². The fourth-order valence-electron chi connectivity index (χ4n) is 0.990. The Hall–Kier alpha value is 0.110. The van der Waals surface area contributed by atoms with Crippen LogP contribution in [0.4, 0.5) is 0 Å². The van der Waals surface area contributed by atoms with E-state index in [1.54, 1.807) is 0 Å². The highest BCUT2D eigenvalue weighted by molar-refractivity contribution is 7.80. The van der Waals surface area contributed by atoms with Crippen molar-refractivity contribution < 1.29 is 8.39 Å². The van der Waals surface area contributed by atoms with Gasteiger partial charge >= 0.3 is 0 Å². The number of rotatable bonds is 0. The molecule has 46 valence electrons. The Bertz CT molecular complexity index is 139. The summed E-state index contributed by atoms with van der Waals surface area (Å²) in [5.74, 6) is 0.799. The van der Waals surface area contributed by atoms with Crippen molar-refractivity contribution in [3.8, 4) is 0 Å². The van der Waals surface area contributed by atoms with Crippen LogP contribution < -0.4 is 0 Å². The van der Waals surface area contributed by atoms with Gasteiger partial charge in [0.15, 0.2) is 11.1 Å². The molecule has 1 heterocycles. The average Bonchev–Trinajstić information content (AvgIpc) is 2.34. The molecule has 0 N–H and O–H groups in total. The zero-order chi connectivity index (χ0) is 5.61. The van der Waals surface area contributed by atoms with Crippen molar-refractivity contribution in [1.82, 2.24) is 0 Å².